The molecule has 7 heteroatoms. The number of aryl methyl sites for hydroxylation is 1. The van der Waals surface area contributed by atoms with Crippen molar-refractivity contribution in [3.63, 3.8) is 0 Å². The van der Waals surface area contributed by atoms with E-state index in [1.165, 1.54) is 11.8 Å². The molecular weight excluding hydrogens is 414 g/mol. The SMILES string of the molecule is CCN1C(=O)C(=Cc2cccc(OCCOc3ccc(Cl)c(C)c3)c2)SC1=S. The summed E-state index contributed by atoms with van der Waals surface area (Å²) in [4.78, 5) is 14.5. The van der Waals surface area contributed by atoms with Crippen molar-refractivity contribution in [3.05, 3.63) is 63.5 Å². The fraction of sp³-hybridized carbons (Fsp3) is 0.238. The standard InChI is InChI=1S/C21H20ClNO3S2/c1-3-23-20(24)19(28-21(23)27)13-15-5-4-6-16(12-15)25-9-10-26-17-7-8-18(22)14(2)11-17/h4-8,11-13H,3,9-10H2,1-2H3. The Bertz CT molecular complexity index is 930. The molecule has 0 N–H and O–H groups in total. The molecule has 0 spiro atoms. The molecule has 0 atom stereocenters. The maximum Gasteiger partial charge on any atom is 0.266 e. The van der Waals surface area contributed by atoms with E-state index in [4.69, 9.17) is 33.3 Å². The van der Waals surface area contributed by atoms with Gasteiger partial charge >= 0.3 is 0 Å². The summed E-state index contributed by atoms with van der Waals surface area (Å²) in [5, 5.41) is 0.719. The van der Waals surface area contributed by atoms with Gasteiger partial charge in [-0.2, -0.15) is 0 Å². The fourth-order valence-electron chi connectivity index (χ4n) is 2.64. The first-order valence-electron chi connectivity index (χ1n) is 8.85. The van der Waals surface area contributed by atoms with Crippen molar-refractivity contribution >= 4 is 51.9 Å². The molecule has 2 aromatic carbocycles. The number of carbonyl (C=O) groups excluding carboxylic acids is 1. The number of ether oxygens (including phenoxy) is 2. The molecule has 1 aliphatic heterocycles. The van der Waals surface area contributed by atoms with Gasteiger partial charge in [-0.05, 0) is 61.4 Å². The highest BCUT2D eigenvalue weighted by molar-refractivity contribution is 8.26. The van der Waals surface area contributed by atoms with Gasteiger partial charge in [0.05, 0.1) is 4.91 Å². The molecule has 0 aromatic heterocycles. The first-order chi connectivity index (χ1) is 13.5. The maximum absolute atomic E-state index is 12.3. The number of benzene rings is 2. The largest absolute Gasteiger partial charge is 0.490 e. The van der Waals surface area contributed by atoms with E-state index in [0.717, 1.165) is 27.6 Å². The lowest BCUT2D eigenvalue weighted by molar-refractivity contribution is -0.121. The van der Waals surface area contributed by atoms with Gasteiger partial charge in [-0.15, -0.1) is 0 Å². The molecule has 1 fully saturated rings. The third-order valence-electron chi connectivity index (χ3n) is 4.10. The highest BCUT2D eigenvalue weighted by atomic mass is 35.5. The van der Waals surface area contributed by atoms with Gasteiger partial charge in [-0.3, -0.25) is 9.69 Å². The number of nitrogens with zero attached hydrogens (tertiary/aromatic N) is 1. The summed E-state index contributed by atoms with van der Waals surface area (Å²) in [5.74, 6) is 1.43. The molecule has 0 saturated carbocycles. The van der Waals surface area contributed by atoms with Crippen LogP contribution in [0.25, 0.3) is 6.08 Å². The van der Waals surface area contributed by atoms with Crippen LogP contribution < -0.4 is 9.47 Å². The topological polar surface area (TPSA) is 38.8 Å². The zero-order chi connectivity index (χ0) is 20.1. The fourth-order valence-corrected chi connectivity index (χ4v) is 4.15. The van der Waals surface area contributed by atoms with Crippen molar-refractivity contribution in [2.45, 2.75) is 13.8 Å². The lowest BCUT2D eigenvalue weighted by atomic mass is 10.2. The number of hydrogen-bond donors (Lipinski definition) is 0. The predicted molar refractivity (Wildman–Crippen MR) is 119 cm³/mol. The number of thiocarbonyl (C=S) groups is 1. The summed E-state index contributed by atoms with van der Waals surface area (Å²) in [5.41, 5.74) is 1.87. The molecule has 0 unspecified atom stereocenters. The van der Waals surface area contributed by atoms with E-state index >= 15 is 0 Å². The van der Waals surface area contributed by atoms with Crippen LogP contribution in [0.2, 0.25) is 5.02 Å². The van der Waals surface area contributed by atoms with Crippen molar-refractivity contribution in [3.8, 4) is 11.5 Å². The molecule has 3 rings (SSSR count). The summed E-state index contributed by atoms with van der Waals surface area (Å²) in [6.07, 6.45) is 1.84. The van der Waals surface area contributed by atoms with Crippen LogP contribution in [0, 0.1) is 6.92 Å². The Hall–Kier alpha value is -2.02. The number of amides is 1. The molecule has 4 nitrogen and oxygen atoms in total. The lowest BCUT2D eigenvalue weighted by Gasteiger charge is -2.10. The van der Waals surface area contributed by atoms with Crippen molar-refractivity contribution in [1.82, 2.24) is 4.90 Å². The van der Waals surface area contributed by atoms with E-state index in [1.807, 2.05) is 62.4 Å². The number of hydrogen-bond acceptors (Lipinski definition) is 5. The smallest absolute Gasteiger partial charge is 0.266 e. The summed E-state index contributed by atoms with van der Waals surface area (Å²) in [6, 6.07) is 13.1. The van der Waals surface area contributed by atoms with E-state index in [9.17, 15) is 4.79 Å². The Balaban J connectivity index is 1.56. The first-order valence-corrected chi connectivity index (χ1v) is 10.5. The number of rotatable bonds is 7. The predicted octanol–water partition coefficient (Wildman–Crippen LogP) is 5.33. The van der Waals surface area contributed by atoms with Crippen molar-refractivity contribution < 1.29 is 14.3 Å². The highest BCUT2D eigenvalue weighted by Crippen LogP contribution is 2.32. The Kier molecular flexibility index (Phi) is 6.99. The van der Waals surface area contributed by atoms with Crippen LogP contribution >= 0.6 is 35.6 Å². The molecule has 1 amide bonds. The molecule has 1 saturated heterocycles. The maximum atomic E-state index is 12.3. The second kappa shape index (κ2) is 9.45. The third-order valence-corrected chi connectivity index (χ3v) is 5.90. The van der Waals surface area contributed by atoms with Gasteiger partial charge in [0.1, 0.15) is 29.0 Å². The van der Waals surface area contributed by atoms with E-state index in [0.29, 0.717) is 29.0 Å². The van der Waals surface area contributed by atoms with E-state index < -0.39 is 0 Å². The van der Waals surface area contributed by atoms with E-state index in [-0.39, 0.29) is 5.91 Å². The quantitative estimate of drug-likeness (QED) is 0.335. The monoisotopic (exact) mass is 433 g/mol. The average molecular weight is 434 g/mol. The Morgan fingerprint density at radius 3 is 2.50 bits per heavy atom. The van der Waals surface area contributed by atoms with Crippen LogP contribution in [-0.2, 0) is 4.79 Å². The molecule has 28 heavy (non-hydrogen) atoms. The van der Waals surface area contributed by atoms with Gasteiger partial charge < -0.3 is 9.47 Å². The number of carbonyl (C=O) groups is 1. The van der Waals surface area contributed by atoms with Gasteiger partial charge in [0, 0.05) is 11.6 Å². The second-order valence-electron chi connectivity index (χ2n) is 6.11. The third kappa shape index (κ3) is 5.07. The molecule has 0 radical (unpaired) electrons. The van der Waals surface area contributed by atoms with Crippen molar-refractivity contribution in [2.75, 3.05) is 19.8 Å². The highest BCUT2D eigenvalue weighted by Gasteiger charge is 2.30. The van der Waals surface area contributed by atoms with Crippen molar-refractivity contribution in [2.24, 2.45) is 0 Å². The van der Waals surface area contributed by atoms with Crippen LogP contribution in [0.4, 0.5) is 0 Å². The molecule has 0 bridgehead atoms. The van der Waals surface area contributed by atoms with Gasteiger partial charge in [0.15, 0.2) is 0 Å². The summed E-state index contributed by atoms with van der Waals surface area (Å²) in [6.45, 7) is 5.25. The summed E-state index contributed by atoms with van der Waals surface area (Å²) >= 11 is 12.6. The summed E-state index contributed by atoms with van der Waals surface area (Å²) < 4.78 is 12.1. The lowest BCUT2D eigenvalue weighted by Crippen LogP contribution is -2.27. The van der Waals surface area contributed by atoms with E-state index in [2.05, 4.69) is 0 Å². The Labute approximate surface area is 179 Å². The first kappa shape index (κ1) is 20.7. The minimum absolute atomic E-state index is 0.0459. The molecule has 1 aliphatic rings. The summed E-state index contributed by atoms with van der Waals surface area (Å²) in [7, 11) is 0. The minimum Gasteiger partial charge on any atom is -0.490 e. The number of halogens is 1. The minimum atomic E-state index is -0.0459. The van der Waals surface area contributed by atoms with Crippen LogP contribution in [0.3, 0.4) is 0 Å². The molecule has 2 aromatic rings. The zero-order valence-electron chi connectivity index (χ0n) is 15.6. The molecule has 0 aliphatic carbocycles. The van der Waals surface area contributed by atoms with Crippen LogP contribution in [0.1, 0.15) is 18.1 Å². The number of thioether (sulfide) groups is 1. The molecule has 1 heterocycles. The molecule has 146 valence electrons. The average Bonchev–Trinajstić information content (AvgIpc) is 2.94. The number of likely N-dealkylation sites (N-methyl/N-ethyl adjacent to an activating group) is 1. The van der Waals surface area contributed by atoms with Crippen LogP contribution in [-0.4, -0.2) is 34.9 Å². The Morgan fingerprint density at radius 1 is 1.14 bits per heavy atom. The second-order valence-corrected chi connectivity index (χ2v) is 8.19. The van der Waals surface area contributed by atoms with Gasteiger partial charge in [-0.25, -0.2) is 0 Å². The zero-order valence-corrected chi connectivity index (χ0v) is 18.0. The van der Waals surface area contributed by atoms with Gasteiger partial charge in [0.2, 0.25) is 0 Å². The van der Waals surface area contributed by atoms with Gasteiger partial charge in [-0.1, -0.05) is 47.7 Å². The van der Waals surface area contributed by atoms with E-state index in [1.54, 1.807) is 4.90 Å². The van der Waals surface area contributed by atoms with Crippen LogP contribution in [0.5, 0.6) is 11.5 Å². The Morgan fingerprint density at radius 2 is 1.86 bits per heavy atom. The van der Waals surface area contributed by atoms with Crippen LogP contribution in [0.15, 0.2) is 47.4 Å². The normalized spacial score (nSPS) is 15.4. The van der Waals surface area contributed by atoms with Gasteiger partial charge in [0.25, 0.3) is 5.91 Å². The molecular formula is C21H20ClNO3S2. The van der Waals surface area contributed by atoms with Crippen molar-refractivity contribution in [1.29, 1.82) is 0 Å².